The normalized spacial score (nSPS) is 10.4. The van der Waals surface area contributed by atoms with Crippen LogP contribution in [0.5, 0.6) is 17.2 Å². The molecule has 0 aliphatic carbocycles. The van der Waals surface area contributed by atoms with Crippen molar-refractivity contribution in [2.24, 2.45) is 0 Å². The van der Waals surface area contributed by atoms with Gasteiger partial charge in [-0.15, -0.1) is 0 Å². The van der Waals surface area contributed by atoms with Crippen molar-refractivity contribution in [1.82, 2.24) is 4.90 Å². The first-order valence-corrected chi connectivity index (χ1v) is 9.16. The van der Waals surface area contributed by atoms with Crippen molar-refractivity contribution in [2.45, 2.75) is 26.3 Å². The Morgan fingerprint density at radius 3 is 2.48 bits per heavy atom. The number of carbonyl (C=O) groups excluding carboxylic acids is 1. The van der Waals surface area contributed by atoms with E-state index in [0.29, 0.717) is 36.8 Å². The molecule has 0 atom stereocenters. The Bertz CT molecular complexity index is 779. The molecule has 0 saturated carbocycles. The number of amides is 1. The van der Waals surface area contributed by atoms with Gasteiger partial charge < -0.3 is 19.1 Å². The van der Waals surface area contributed by atoms with Gasteiger partial charge in [-0.3, -0.25) is 4.79 Å². The third kappa shape index (κ3) is 6.07. The van der Waals surface area contributed by atoms with Crippen LogP contribution in [0, 0.1) is 6.92 Å². The van der Waals surface area contributed by atoms with Crippen molar-refractivity contribution >= 4 is 17.5 Å². The first-order chi connectivity index (χ1) is 12.9. The molecule has 2 rings (SSSR count). The zero-order chi connectivity index (χ0) is 19.8. The highest BCUT2D eigenvalue weighted by Gasteiger charge is 2.13. The van der Waals surface area contributed by atoms with Gasteiger partial charge in [0, 0.05) is 36.7 Å². The average Bonchev–Trinajstić information content (AvgIpc) is 2.67. The van der Waals surface area contributed by atoms with Crippen LogP contribution in [0.25, 0.3) is 0 Å². The number of aryl methyl sites for hydroxylation is 1. The number of hydrogen-bond acceptors (Lipinski definition) is 4. The molecule has 2 aromatic carbocycles. The van der Waals surface area contributed by atoms with Gasteiger partial charge in [-0.2, -0.15) is 0 Å². The van der Waals surface area contributed by atoms with Crippen LogP contribution < -0.4 is 14.2 Å². The van der Waals surface area contributed by atoms with Crippen LogP contribution in [0.3, 0.4) is 0 Å². The Morgan fingerprint density at radius 2 is 1.81 bits per heavy atom. The monoisotopic (exact) mass is 391 g/mol. The zero-order valence-corrected chi connectivity index (χ0v) is 17.0. The second-order valence-corrected chi connectivity index (χ2v) is 6.70. The summed E-state index contributed by atoms with van der Waals surface area (Å²) in [6, 6.07) is 11.1. The maximum atomic E-state index is 12.4. The SMILES string of the molecule is COc1ccc(CN(C)C(=O)CCCOc2ccc(Cl)c(C)c2)c(OC)c1. The van der Waals surface area contributed by atoms with Crippen molar-refractivity contribution in [3.63, 3.8) is 0 Å². The fourth-order valence-corrected chi connectivity index (χ4v) is 2.75. The van der Waals surface area contributed by atoms with Crippen LogP contribution >= 0.6 is 11.6 Å². The fraction of sp³-hybridized carbons (Fsp3) is 0.381. The summed E-state index contributed by atoms with van der Waals surface area (Å²) in [4.78, 5) is 14.1. The summed E-state index contributed by atoms with van der Waals surface area (Å²) in [6.45, 7) is 2.89. The lowest BCUT2D eigenvalue weighted by molar-refractivity contribution is -0.130. The lowest BCUT2D eigenvalue weighted by atomic mass is 10.1. The van der Waals surface area contributed by atoms with Crippen LogP contribution in [0.1, 0.15) is 24.0 Å². The molecule has 0 aliphatic heterocycles. The number of nitrogens with zero attached hydrogens (tertiary/aromatic N) is 1. The number of halogens is 1. The largest absolute Gasteiger partial charge is 0.497 e. The van der Waals surface area contributed by atoms with E-state index in [1.54, 1.807) is 26.2 Å². The third-order valence-electron chi connectivity index (χ3n) is 4.26. The molecule has 0 radical (unpaired) electrons. The number of ether oxygens (including phenoxy) is 3. The van der Waals surface area contributed by atoms with Crippen molar-refractivity contribution < 1.29 is 19.0 Å². The Balaban J connectivity index is 1.81. The fourth-order valence-electron chi connectivity index (χ4n) is 2.64. The molecule has 27 heavy (non-hydrogen) atoms. The van der Waals surface area contributed by atoms with Gasteiger partial charge in [0.2, 0.25) is 5.91 Å². The Labute approximate surface area is 165 Å². The van der Waals surface area contributed by atoms with Crippen LogP contribution in [-0.2, 0) is 11.3 Å². The quantitative estimate of drug-likeness (QED) is 0.591. The minimum absolute atomic E-state index is 0.0590. The second kappa shape index (κ2) is 10.1. The standard InChI is InChI=1S/C21H26ClNO4/c1-15-12-18(9-10-19(15)22)27-11-5-6-21(24)23(2)14-16-7-8-17(25-3)13-20(16)26-4/h7-10,12-13H,5-6,11,14H2,1-4H3. The summed E-state index contributed by atoms with van der Waals surface area (Å²) in [5.74, 6) is 2.25. The summed E-state index contributed by atoms with van der Waals surface area (Å²) < 4.78 is 16.3. The van der Waals surface area contributed by atoms with Crippen LogP contribution in [0.15, 0.2) is 36.4 Å². The van der Waals surface area contributed by atoms with E-state index in [0.717, 1.165) is 22.6 Å². The first-order valence-electron chi connectivity index (χ1n) is 8.78. The van der Waals surface area contributed by atoms with Gasteiger partial charge in [0.25, 0.3) is 0 Å². The van der Waals surface area contributed by atoms with Crippen LogP contribution in [0.4, 0.5) is 0 Å². The van der Waals surface area contributed by atoms with Crippen molar-refractivity contribution in [3.8, 4) is 17.2 Å². The molecule has 0 spiro atoms. The molecule has 0 N–H and O–H groups in total. The van der Waals surface area contributed by atoms with E-state index in [1.165, 1.54) is 0 Å². The highest BCUT2D eigenvalue weighted by molar-refractivity contribution is 6.31. The summed E-state index contributed by atoms with van der Waals surface area (Å²) in [6.07, 6.45) is 1.06. The predicted octanol–water partition coefficient (Wildman–Crippen LogP) is 4.48. The molecule has 0 aromatic heterocycles. The maximum Gasteiger partial charge on any atom is 0.222 e. The number of hydrogen-bond donors (Lipinski definition) is 0. The molecule has 0 bridgehead atoms. The van der Waals surface area contributed by atoms with Gasteiger partial charge in [0.1, 0.15) is 17.2 Å². The van der Waals surface area contributed by atoms with E-state index >= 15 is 0 Å². The number of methoxy groups -OCH3 is 2. The predicted molar refractivity (Wildman–Crippen MR) is 107 cm³/mol. The minimum Gasteiger partial charge on any atom is -0.497 e. The lowest BCUT2D eigenvalue weighted by Crippen LogP contribution is -2.26. The molecule has 0 unspecified atom stereocenters. The van der Waals surface area contributed by atoms with Gasteiger partial charge in [-0.1, -0.05) is 11.6 Å². The molecule has 0 saturated heterocycles. The number of carbonyl (C=O) groups is 1. The summed E-state index contributed by atoms with van der Waals surface area (Å²) >= 11 is 6.00. The second-order valence-electron chi connectivity index (χ2n) is 6.29. The Morgan fingerprint density at radius 1 is 1.07 bits per heavy atom. The summed E-state index contributed by atoms with van der Waals surface area (Å²) in [7, 11) is 5.00. The Kier molecular flexibility index (Phi) is 7.80. The molecule has 1 amide bonds. The van der Waals surface area contributed by atoms with Crippen LogP contribution in [0.2, 0.25) is 5.02 Å². The average molecular weight is 392 g/mol. The van der Waals surface area contributed by atoms with Gasteiger partial charge >= 0.3 is 0 Å². The lowest BCUT2D eigenvalue weighted by Gasteiger charge is -2.19. The minimum atomic E-state index is 0.0590. The molecule has 2 aromatic rings. The number of benzene rings is 2. The van der Waals surface area contributed by atoms with E-state index in [2.05, 4.69) is 0 Å². The summed E-state index contributed by atoms with van der Waals surface area (Å²) in [5.41, 5.74) is 1.90. The van der Waals surface area contributed by atoms with Gasteiger partial charge in [0.05, 0.1) is 20.8 Å². The molecule has 5 nitrogen and oxygen atoms in total. The molecule has 0 aliphatic rings. The summed E-state index contributed by atoms with van der Waals surface area (Å²) in [5, 5.41) is 0.716. The molecular formula is C21H26ClNO4. The molecule has 146 valence electrons. The van der Waals surface area contributed by atoms with E-state index in [4.69, 9.17) is 25.8 Å². The first kappa shape index (κ1) is 20.9. The molecule has 6 heteroatoms. The van der Waals surface area contributed by atoms with E-state index in [9.17, 15) is 4.79 Å². The highest BCUT2D eigenvalue weighted by Crippen LogP contribution is 2.25. The highest BCUT2D eigenvalue weighted by atomic mass is 35.5. The molecule has 0 heterocycles. The third-order valence-corrected chi connectivity index (χ3v) is 4.68. The Hall–Kier alpha value is -2.40. The van der Waals surface area contributed by atoms with Crippen molar-refractivity contribution in [1.29, 1.82) is 0 Å². The van der Waals surface area contributed by atoms with Gasteiger partial charge in [-0.05, 0) is 49.2 Å². The topological polar surface area (TPSA) is 48.0 Å². The van der Waals surface area contributed by atoms with Crippen molar-refractivity contribution in [2.75, 3.05) is 27.9 Å². The van der Waals surface area contributed by atoms with Crippen molar-refractivity contribution in [3.05, 3.63) is 52.5 Å². The zero-order valence-electron chi connectivity index (χ0n) is 16.3. The maximum absolute atomic E-state index is 12.4. The van der Waals surface area contributed by atoms with Gasteiger partial charge in [0.15, 0.2) is 0 Å². The van der Waals surface area contributed by atoms with Gasteiger partial charge in [-0.25, -0.2) is 0 Å². The van der Waals surface area contributed by atoms with E-state index < -0.39 is 0 Å². The van der Waals surface area contributed by atoms with E-state index in [-0.39, 0.29) is 5.91 Å². The molecular weight excluding hydrogens is 366 g/mol. The van der Waals surface area contributed by atoms with E-state index in [1.807, 2.05) is 43.3 Å². The smallest absolute Gasteiger partial charge is 0.222 e. The van der Waals surface area contributed by atoms with Crippen LogP contribution in [-0.4, -0.2) is 38.7 Å². The molecule has 0 fully saturated rings. The number of rotatable bonds is 9.